The average Bonchev–Trinajstić information content (AvgIpc) is 3.39. The SMILES string of the molecule is CCS(=O)(=O)N(CC(=O)N(Cc1ccccc1Cl)C(C)C(=O)NC1CCCCC1)c1ccc2c(c1)OCO2. The van der Waals surface area contributed by atoms with E-state index < -0.39 is 28.5 Å². The second kappa shape index (κ2) is 12.3. The standard InChI is InChI=1S/C27H34ClN3O6S/c1-3-38(34,35)31(22-13-14-24-25(15-22)37-18-36-24)17-26(32)30(16-20-9-7-8-12-23(20)28)19(2)27(33)29-21-10-5-4-6-11-21/h7-9,12-15,19,21H,3-6,10-11,16-18H2,1-2H3,(H,29,33). The summed E-state index contributed by atoms with van der Waals surface area (Å²) in [6, 6.07) is 11.0. The second-order valence-electron chi connectivity index (χ2n) is 9.58. The Bertz CT molecular complexity index is 1270. The van der Waals surface area contributed by atoms with Crippen LogP contribution in [0.15, 0.2) is 42.5 Å². The number of benzene rings is 2. The third-order valence-corrected chi connectivity index (χ3v) is 9.15. The molecule has 2 aliphatic rings. The minimum Gasteiger partial charge on any atom is -0.454 e. The predicted molar refractivity (Wildman–Crippen MR) is 146 cm³/mol. The van der Waals surface area contributed by atoms with Crippen LogP contribution < -0.4 is 19.1 Å². The van der Waals surface area contributed by atoms with Crippen LogP contribution in [0.25, 0.3) is 0 Å². The molecule has 0 bridgehead atoms. The topological polar surface area (TPSA) is 105 Å². The van der Waals surface area contributed by atoms with Gasteiger partial charge in [0.1, 0.15) is 12.6 Å². The summed E-state index contributed by atoms with van der Waals surface area (Å²) >= 11 is 6.39. The molecule has 11 heteroatoms. The highest BCUT2D eigenvalue weighted by Crippen LogP contribution is 2.36. The van der Waals surface area contributed by atoms with Gasteiger partial charge in [0.25, 0.3) is 0 Å². The van der Waals surface area contributed by atoms with E-state index in [1.165, 1.54) is 11.8 Å². The van der Waals surface area contributed by atoms with Gasteiger partial charge < -0.3 is 19.7 Å². The fraction of sp³-hybridized carbons (Fsp3) is 0.481. The molecular weight excluding hydrogens is 530 g/mol. The van der Waals surface area contributed by atoms with Gasteiger partial charge in [0.2, 0.25) is 28.6 Å². The fourth-order valence-electron chi connectivity index (χ4n) is 4.72. The number of halogens is 1. The number of hydrogen-bond acceptors (Lipinski definition) is 6. The summed E-state index contributed by atoms with van der Waals surface area (Å²) in [5.41, 5.74) is 0.939. The highest BCUT2D eigenvalue weighted by atomic mass is 35.5. The Kier molecular flexibility index (Phi) is 9.04. The Morgan fingerprint density at radius 3 is 2.50 bits per heavy atom. The molecule has 206 valence electrons. The van der Waals surface area contributed by atoms with Crippen LogP contribution in [-0.4, -0.2) is 56.3 Å². The van der Waals surface area contributed by atoms with Gasteiger partial charge in [-0.25, -0.2) is 8.42 Å². The monoisotopic (exact) mass is 563 g/mol. The minimum atomic E-state index is -3.85. The molecule has 1 aliphatic heterocycles. The molecule has 2 amide bonds. The summed E-state index contributed by atoms with van der Waals surface area (Å²) in [6.07, 6.45) is 5.08. The lowest BCUT2D eigenvalue weighted by atomic mass is 9.95. The number of fused-ring (bicyclic) bond motifs is 1. The normalized spacial score (nSPS) is 16.1. The first kappa shape index (κ1) is 28.0. The summed E-state index contributed by atoms with van der Waals surface area (Å²) in [5, 5.41) is 3.54. The van der Waals surface area contributed by atoms with Crippen LogP contribution >= 0.6 is 11.6 Å². The number of carbonyl (C=O) groups excluding carboxylic acids is 2. The molecule has 38 heavy (non-hydrogen) atoms. The summed E-state index contributed by atoms with van der Waals surface area (Å²) in [4.78, 5) is 28.5. The van der Waals surface area contributed by atoms with Crippen LogP contribution in [0, 0.1) is 0 Å². The molecule has 9 nitrogen and oxygen atoms in total. The molecule has 4 rings (SSSR count). The molecule has 1 aliphatic carbocycles. The quantitative estimate of drug-likeness (QED) is 0.467. The number of ether oxygens (including phenoxy) is 2. The van der Waals surface area contributed by atoms with E-state index in [9.17, 15) is 18.0 Å². The van der Waals surface area contributed by atoms with Crippen molar-refractivity contribution >= 4 is 39.1 Å². The number of carbonyl (C=O) groups is 2. The van der Waals surface area contributed by atoms with Gasteiger partial charge in [0, 0.05) is 23.7 Å². The maximum Gasteiger partial charge on any atom is 0.244 e. The van der Waals surface area contributed by atoms with Crippen molar-refractivity contribution in [3.63, 3.8) is 0 Å². The van der Waals surface area contributed by atoms with E-state index in [0.717, 1.165) is 36.4 Å². The van der Waals surface area contributed by atoms with E-state index in [-0.39, 0.29) is 36.7 Å². The van der Waals surface area contributed by atoms with Gasteiger partial charge in [-0.3, -0.25) is 13.9 Å². The highest BCUT2D eigenvalue weighted by molar-refractivity contribution is 7.92. The van der Waals surface area contributed by atoms with Gasteiger partial charge in [-0.2, -0.15) is 0 Å². The van der Waals surface area contributed by atoms with E-state index in [1.54, 1.807) is 49.4 Å². The van der Waals surface area contributed by atoms with Crippen LogP contribution in [0.5, 0.6) is 11.5 Å². The Morgan fingerprint density at radius 1 is 1.08 bits per heavy atom. The molecule has 1 saturated carbocycles. The average molecular weight is 564 g/mol. The van der Waals surface area contributed by atoms with Crippen molar-refractivity contribution in [2.24, 2.45) is 0 Å². The second-order valence-corrected chi connectivity index (χ2v) is 12.2. The van der Waals surface area contributed by atoms with E-state index >= 15 is 0 Å². The Balaban J connectivity index is 1.61. The zero-order chi connectivity index (χ0) is 27.3. The number of nitrogens with one attached hydrogen (secondary N) is 1. The van der Waals surface area contributed by atoms with Gasteiger partial charge in [-0.05, 0) is 50.5 Å². The van der Waals surface area contributed by atoms with Crippen molar-refractivity contribution in [1.82, 2.24) is 10.2 Å². The largest absolute Gasteiger partial charge is 0.454 e. The molecule has 1 fully saturated rings. The maximum absolute atomic E-state index is 13.8. The van der Waals surface area contributed by atoms with Crippen LogP contribution in [0.3, 0.4) is 0 Å². The number of sulfonamides is 1. The van der Waals surface area contributed by atoms with E-state index in [4.69, 9.17) is 21.1 Å². The molecule has 0 spiro atoms. The van der Waals surface area contributed by atoms with Gasteiger partial charge in [0.05, 0.1) is 11.4 Å². The number of amides is 2. The number of hydrogen-bond donors (Lipinski definition) is 1. The predicted octanol–water partition coefficient (Wildman–Crippen LogP) is 4.09. The van der Waals surface area contributed by atoms with Crippen LogP contribution in [0.1, 0.15) is 51.5 Å². The molecule has 2 aromatic carbocycles. The van der Waals surface area contributed by atoms with Crippen molar-refractivity contribution in [2.75, 3.05) is 23.4 Å². The minimum absolute atomic E-state index is 0.0392. The van der Waals surface area contributed by atoms with Crippen molar-refractivity contribution < 1.29 is 27.5 Å². The lowest BCUT2D eigenvalue weighted by Gasteiger charge is -2.33. The maximum atomic E-state index is 13.8. The van der Waals surface area contributed by atoms with E-state index in [0.29, 0.717) is 22.1 Å². The van der Waals surface area contributed by atoms with Crippen LogP contribution in [0.2, 0.25) is 5.02 Å². The molecule has 1 N–H and O–H groups in total. The van der Waals surface area contributed by atoms with Crippen molar-refractivity contribution in [1.29, 1.82) is 0 Å². The molecule has 1 heterocycles. The molecule has 0 saturated heterocycles. The zero-order valence-electron chi connectivity index (χ0n) is 21.7. The Hall–Kier alpha value is -2.98. The fourth-order valence-corrected chi connectivity index (χ4v) is 5.97. The van der Waals surface area contributed by atoms with Gasteiger partial charge in [0.15, 0.2) is 11.5 Å². The summed E-state index contributed by atoms with van der Waals surface area (Å²) in [7, 11) is -3.85. The first-order valence-corrected chi connectivity index (χ1v) is 14.9. The van der Waals surface area contributed by atoms with E-state index in [1.807, 2.05) is 0 Å². The van der Waals surface area contributed by atoms with Crippen molar-refractivity contribution in [2.45, 2.75) is 64.6 Å². The van der Waals surface area contributed by atoms with Gasteiger partial charge in [-0.15, -0.1) is 0 Å². The van der Waals surface area contributed by atoms with Gasteiger partial charge >= 0.3 is 0 Å². The lowest BCUT2D eigenvalue weighted by Crippen LogP contribution is -2.53. The summed E-state index contributed by atoms with van der Waals surface area (Å²) in [6.45, 7) is 2.78. The highest BCUT2D eigenvalue weighted by Gasteiger charge is 2.32. The molecular formula is C27H34ClN3O6S. The lowest BCUT2D eigenvalue weighted by molar-refractivity contribution is -0.139. The molecule has 1 atom stereocenters. The van der Waals surface area contributed by atoms with Gasteiger partial charge in [-0.1, -0.05) is 49.1 Å². The van der Waals surface area contributed by atoms with Crippen molar-refractivity contribution in [3.05, 3.63) is 53.1 Å². The Labute approximate surface area is 229 Å². The number of nitrogens with zero attached hydrogens (tertiary/aromatic N) is 2. The summed E-state index contributed by atoms with van der Waals surface area (Å²) in [5.74, 6) is -0.102. The molecule has 0 radical (unpaired) electrons. The number of rotatable bonds is 10. The summed E-state index contributed by atoms with van der Waals surface area (Å²) < 4.78 is 38.1. The molecule has 2 aromatic rings. The first-order chi connectivity index (χ1) is 18.2. The molecule has 1 unspecified atom stereocenters. The Morgan fingerprint density at radius 2 is 1.79 bits per heavy atom. The zero-order valence-corrected chi connectivity index (χ0v) is 23.3. The smallest absolute Gasteiger partial charge is 0.244 e. The third-order valence-electron chi connectivity index (χ3n) is 7.04. The van der Waals surface area contributed by atoms with Crippen molar-refractivity contribution in [3.8, 4) is 11.5 Å². The first-order valence-electron chi connectivity index (χ1n) is 12.9. The van der Waals surface area contributed by atoms with Crippen LogP contribution in [0.4, 0.5) is 5.69 Å². The molecule has 0 aromatic heterocycles. The van der Waals surface area contributed by atoms with Crippen LogP contribution in [-0.2, 0) is 26.2 Å². The number of anilines is 1. The third kappa shape index (κ3) is 6.53. The van der Waals surface area contributed by atoms with E-state index in [2.05, 4.69) is 5.32 Å².